The molecule has 0 radical (unpaired) electrons. The van der Waals surface area contributed by atoms with Gasteiger partial charge in [0.15, 0.2) is 0 Å². The third kappa shape index (κ3) is 2.59. The molecule has 3 nitrogen and oxygen atoms in total. The predicted molar refractivity (Wildman–Crippen MR) is 80.3 cm³/mol. The summed E-state index contributed by atoms with van der Waals surface area (Å²) < 4.78 is 0. The van der Waals surface area contributed by atoms with Crippen molar-refractivity contribution in [3.05, 3.63) is 29.8 Å². The van der Waals surface area contributed by atoms with Crippen LogP contribution in [0, 0.1) is 0 Å². The number of carbonyl (C=O) groups excluding carboxylic acids is 1. The third-order valence-corrected chi connectivity index (χ3v) is 5.36. The number of hydrogen-bond donors (Lipinski definition) is 2. The Kier molecular flexibility index (Phi) is 3.44. The lowest BCUT2D eigenvalue weighted by Crippen LogP contribution is -2.43. The molecule has 1 aliphatic heterocycles. The van der Waals surface area contributed by atoms with Crippen LogP contribution in [-0.4, -0.2) is 23.5 Å². The highest BCUT2D eigenvalue weighted by atomic mass is 32.2. The van der Waals surface area contributed by atoms with Crippen LogP contribution in [0.25, 0.3) is 0 Å². The Bertz CT molecular complexity index is 462. The highest BCUT2D eigenvalue weighted by Gasteiger charge is 2.51. The molecule has 0 aromatic heterocycles. The molecule has 4 heteroatoms. The lowest BCUT2D eigenvalue weighted by Gasteiger charge is -2.25. The fraction of sp³-hybridized carbons (Fsp3) is 0.533. The van der Waals surface area contributed by atoms with Crippen molar-refractivity contribution in [1.82, 2.24) is 5.32 Å². The molecule has 0 bridgehead atoms. The van der Waals surface area contributed by atoms with Gasteiger partial charge in [-0.15, -0.1) is 0 Å². The molecule has 3 N–H and O–H groups in total. The van der Waals surface area contributed by atoms with Crippen LogP contribution in [0.5, 0.6) is 0 Å². The molecule has 1 heterocycles. The number of amides is 1. The number of anilines is 1. The number of thioether (sulfide) groups is 1. The first-order chi connectivity index (χ1) is 9.21. The molecule has 1 amide bonds. The maximum Gasteiger partial charge on any atom is 0.230 e. The molecule has 1 saturated carbocycles. The van der Waals surface area contributed by atoms with Crippen LogP contribution in [0.15, 0.2) is 24.3 Å². The van der Waals surface area contributed by atoms with E-state index in [1.807, 2.05) is 36.0 Å². The Morgan fingerprint density at radius 2 is 2.05 bits per heavy atom. The minimum Gasteiger partial charge on any atom is -0.399 e. The van der Waals surface area contributed by atoms with E-state index in [0.29, 0.717) is 6.04 Å². The molecule has 3 rings (SSSR count). The molecular weight excluding hydrogens is 256 g/mol. The Morgan fingerprint density at radius 1 is 1.32 bits per heavy atom. The van der Waals surface area contributed by atoms with Gasteiger partial charge in [0.05, 0.1) is 5.41 Å². The van der Waals surface area contributed by atoms with Gasteiger partial charge in [0.2, 0.25) is 5.91 Å². The molecular formula is C15H20N2OS. The second-order valence-electron chi connectivity index (χ2n) is 5.59. The number of rotatable bonds is 3. The van der Waals surface area contributed by atoms with Crippen molar-refractivity contribution >= 4 is 23.4 Å². The fourth-order valence-electron chi connectivity index (χ4n) is 2.75. The summed E-state index contributed by atoms with van der Waals surface area (Å²) in [4.78, 5) is 12.5. The van der Waals surface area contributed by atoms with Gasteiger partial charge < -0.3 is 11.1 Å². The Labute approximate surface area is 118 Å². The summed E-state index contributed by atoms with van der Waals surface area (Å²) in [6.45, 7) is 0. The topological polar surface area (TPSA) is 55.1 Å². The van der Waals surface area contributed by atoms with Gasteiger partial charge in [0.25, 0.3) is 0 Å². The van der Waals surface area contributed by atoms with Gasteiger partial charge in [-0.2, -0.15) is 11.8 Å². The van der Waals surface area contributed by atoms with Crippen LogP contribution in [0.3, 0.4) is 0 Å². The van der Waals surface area contributed by atoms with Crippen molar-refractivity contribution in [3.63, 3.8) is 0 Å². The number of benzene rings is 1. The molecule has 1 atom stereocenters. The molecule has 102 valence electrons. The normalized spacial score (nSPS) is 24.7. The van der Waals surface area contributed by atoms with Crippen molar-refractivity contribution < 1.29 is 4.79 Å². The zero-order valence-corrected chi connectivity index (χ0v) is 11.8. The van der Waals surface area contributed by atoms with Crippen LogP contribution in [0.1, 0.15) is 31.2 Å². The SMILES string of the molecule is Nc1ccc(C2(C(=O)NC3CCCSC3)CC2)cc1. The number of nitrogen functional groups attached to an aromatic ring is 1. The van der Waals surface area contributed by atoms with Gasteiger partial charge in [0.1, 0.15) is 0 Å². The van der Waals surface area contributed by atoms with Crippen LogP contribution in [0.2, 0.25) is 0 Å². The third-order valence-electron chi connectivity index (χ3n) is 4.14. The standard InChI is InChI=1S/C15H20N2OS/c16-12-5-3-11(4-6-12)15(7-8-15)14(18)17-13-2-1-9-19-10-13/h3-6,13H,1-2,7-10,16H2,(H,17,18). The molecule has 1 unspecified atom stereocenters. The summed E-state index contributed by atoms with van der Waals surface area (Å²) in [5.74, 6) is 2.50. The molecule has 1 aromatic rings. The lowest BCUT2D eigenvalue weighted by molar-refractivity contribution is -0.124. The maximum atomic E-state index is 12.5. The predicted octanol–water partition coefficient (Wildman–Crippen LogP) is 2.31. The average Bonchev–Trinajstić information content (AvgIpc) is 3.22. The molecule has 1 saturated heterocycles. The minimum atomic E-state index is -0.268. The average molecular weight is 276 g/mol. The largest absolute Gasteiger partial charge is 0.399 e. The molecule has 1 aromatic carbocycles. The quantitative estimate of drug-likeness (QED) is 0.833. The van der Waals surface area contributed by atoms with E-state index in [0.717, 1.165) is 36.3 Å². The van der Waals surface area contributed by atoms with Crippen molar-refractivity contribution in [2.24, 2.45) is 0 Å². The summed E-state index contributed by atoms with van der Waals surface area (Å²) >= 11 is 1.94. The Hall–Kier alpha value is -1.16. The molecule has 19 heavy (non-hydrogen) atoms. The van der Waals surface area contributed by atoms with Gasteiger partial charge >= 0.3 is 0 Å². The zero-order valence-electron chi connectivity index (χ0n) is 11.0. The first-order valence-electron chi connectivity index (χ1n) is 6.95. The van der Waals surface area contributed by atoms with E-state index in [9.17, 15) is 4.79 Å². The number of nitrogens with one attached hydrogen (secondary N) is 1. The van der Waals surface area contributed by atoms with Crippen molar-refractivity contribution in [2.45, 2.75) is 37.1 Å². The molecule has 2 fully saturated rings. The number of nitrogens with two attached hydrogens (primary N) is 1. The van der Waals surface area contributed by atoms with E-state index in [1.54, 1.807) is 0 Å². The van der Waals surface area contributed by atoms with E-state index in [-0.39, 0.29) is 11.3 Å². The van der Waals surface area contributed by atoms with Crippen molar-refractivity contribution in [2.75, 3.05) is 17.2 Å². The monoisotopic (exact) mass is 276 g/mol. The summed E-state index contributed by atoms with van der Waals surface area (Å²) in [5.41, 5.74) is 7.31. The van der Waals surface area contributed by atoms with E-state index in [2.05, 4.69) is 5.32 Å². The minimum absolute atomic E-state index is 0.213. The lowest BCUT2D eigenvalue weighted by atomic mass is 9.94. The van der Waals surface area contributed by atoms with E-state index >= 15 is 0 Å². The van der Waals surface area contributed by atoms with Gasteiger partial charge in [-0.1, -0.05) is 12.1 Å². The summed E-state index contributed by atoms with van der Waals surface area (Å²) in [5, 5.41) is 3.24. The Morgan fingerprint density at radius 3 is 2.63 bits per heavy atom. The second kappa shape index (κ2) is 5.08. The van der Waals surface area contributed by atoms with Crippen molar-refractivity contribution in [3.8, 4) is 0 Å². The van der Waals surface area contributed by atoms with E-state index in [4.69, 9.17) is 5.73 Å². The second-order valence-corrected chi connectivity index (χ2v) is 6.74. The first kappa shape index (κ1) is 12.9. The fourth-order valence-corrected chi connectivity index (χ4v) is 3.82. The highest BCUT2D eigenvalue weighted by molar-refractivity contribution is 7.99. The van der Waals surface area contributed by atoms with E-state index in [1.165, 1.54) is 12.2 Å². The summed E-state index contributed by atoms with van der Waals surface area (Å²) in [6.07, 6.45) is 4.26. The van der Waals surface area contributed by atoms with Crippen LogP contribution >= 0.6 is 11.8 Å². The van der Waals surface area contributed by atoms with E-state index < -0.39 is 0 Å². The Balaban J connectivity index is 1.70. The maximum absolute atomic E-state index is 12.5. The van der Waals surface area contributed by atoms with Gasteiger partial charge in [-0.25, -0.2) is 0 Å². The van der Waals surface area contributed by atoms with Crippen LogP contribution < -0.4 is 11.1 Å². The summed E-state index contributed by atoms with van der Waals surface area (Å²) in [7, 11) is 0. The molecule has 2 aliphatic rings. The van der Waals surface area contributed by atoms with Crippen LogP contribution in [-0.2, 0) is 10.2 Å². The zero-order chi connectivity index (χ0) is 13.3. The number of hydrogen-bond acceptors (Lipinski definition) is 3. The van der Waals surface area contributed by atoms with Gasteiger partial charge in [0, 0.05) is 17.5 Å². The first-order valence-corrected chi connectivity index (χ1v) is 8.11. The van der Waals surface area contributed by atoms with Crippen molar-refractivity contribution in [1.29, 1.82) is 0 Å². The van der Waals surface area contributed by atoms with Gasteiger partial charge in [-0.05, 0) is 49.1 Å². The van der Waals surface area contributed by atoms with Crippen LogP contribution in [0.4, 0.5) is 5.69 Å². The highest BCUT2D eigenvalue weighted by Crippen LogP contribution is 2.48. The number of carbonyl (C=O) groups is 1. The molecule has 1 aliphatic carbocycles. The summed E-state index contributed by atoms with van der Waals surface area (Å²) in [6, 6.07) is 8.13. The smallest absolute Gasteiger partial charge is 0.230 e. The van der Waals surface area contributed by atoms with Gasteiger partial charge in [-0.3, -0.25) is 4.79 Å². The molecule has 0 spiro atoms.